The molecule has 1 aliphatic rings. The second-order valence-electron chi connectivity index (χ2n) is 4.42. The van der Waals surface area contributed by atoms with Gasteiger partial charge in [0.25, 0.3) is 5.91 Å². The van der Waals surface area contributed by atoms with Crippen molar-refractivity contribution in [3.05, 3.63) is 36.7 Å². The molecule has 0 aliphatic carbocycles. The van der Waals surface area contributed by atoms with Crippen LogP contribution in [0.5, 0.6) is 0 Å². The third kappa shape index (κ3) is 3.29. The summed E-state index contributed by atoms with van der Waals surface area (Å²) >= 11 is 0. The van der Waals surface area contributed by atoms with Crippen molar-refractivity contribution in [2.24, 2.45) is 0 Å². The highest BCUT2D eigenvalue weighted by molar-refractivity contribution is 6.02. The minimum Gasteiger partial charge on any atom is -0.378 e. The first-order chi connectivity index (χ1) is 10.3. The van der Waals surface area contributed by atoms with Gasteiger partial charge < -0.3 is 15.0 Å². The minimum absolute atomic E-state index is 0.245. The Hall–Kier alpha value is -2.61. The molecule has 1 amide bonds. The largest absolute Gasteiger partial charge is 0.378 e. The second kappa shape index (κ2) is 6.23. The predicted octanol–water partition coefficient (Wildman–Crippen LogP) is 0.355. The number of morpholine rings is 1. The summed E-state index contributed by atoms with van der Waals surface area (Å²) in [5.41, 5.74) is 0.761. The molecule has 1 saturated heterocycles. The molecule has 8 heteroatoms. The SMILES string of the molecule is O=C(Nc1cnc(N2CCOCC2)nc1)c1cnccn1. The maximum absolute atomic E-state index is 11.9. The molecule has 2 aromatic rings. The highest BCUT2D eigenvalue weighted by Gasteiger charge is 2.14. The number of ether oxygens (including phenoxy) is 1. The van der Waals surface area contributed by atoms with Crippen LogP contribution in [0.1, 0.15) is 10.5 Å². The van der Waals surface area contributed by atoms with E-state index < -0.39 is 0 Å². The van der Waals surface area contributed by atoms with Gasteiger partial charge in [-0.05, 0) is 0 Å². The molecule has 21 heavy (non-hydrogen) atoms. The van der Waals surface area contributed by atoms with Crippen molar-refractivity contribution < 1.29 is 9.53 Å². The van der Waals surface area contributed by atoms with Gasteiger partial charge in [0, 0.05) is 25.5 Å². The number of carbonyl (C=O) groups excluding carboxylic acids is 1. The van der Waals surface area contributed by atoms with Gasteiger partial charge in [-0.1, -0.05) is 0 Å². The molecular formula is C13H14N6O2. The lowest BCUT2D eigenvalue weighted by Gasteiger charge is -2.26. The van der Waals surface area contributed by atoms with Gasteiger partial charge in [0.05, 0.1) is 37.5 Å². The molecule has 3 rings (SSSR count). The van der Waals surface area contributed by atoms with E-state index in [1.54, 1.807) is 12.4 Å². The molecule has 0 unspecified atom stereocenters. The van der Waals surface area contributed by atoms with Crippen molar-refractivity contribution in [3.8, 4) is 0 Å². The summed E-state index contributed by atoms with van der Waals surface area (Å²) in [6.45, 7) is 2.89. The molecule has 1 N–H and O–H groups in total. The highest BCUT2D eigenvalue weighted by Crippen LogP contribution is 2.12. The van der Waals surface area contributed by atoms with Gasteiger partial charge in [-0.25, -0.2) is 15.0 Å². The molecule has 8 nitrogen and oxygen atoms in total. The monoisotopic (exact) mass is 286 g/mol. The summed E-state index contributed by atoms with van der Waals surface area (Å²) < 4.78 is 5.28. The van der Waals surface area contributed by atoms with Gasteiger partial charge >= 0.3 is 0 Å². The van der Waals surface area contributed by atoms with Crippen LogP contribution >= 0.6 is 0 Å². The molecule has 0 saturated carbocycles. The first kappa shape index (κ1) is 13.4. The summed E-state index contributed by atoms with van der Waals surface area (Å²) in [4.78, 5) is 30.2. The lowest BCUT2D eigenvalue weighted by atomic mass is 10.4. The van der Waals surface area contributed by atoms with Crippen molar-refractivity contribution in [2.75, 3.05) is 36.5 Å². The normalized spacial score (nSPS) is 14.8. The summed E-state index contributed by atoms with van der Waals surface area (Å²) in [7, 11) is 0. The van der Waals surface area contributed by atoms with Gasteiger partial charge in [-0.2, -0.15) is 0 Å². The van der Waals surface area contributed by atoms with Crippen LogP contribution in [0.3, 0.4) is 0 Å². The van der Waals surface area contributed by atoms with E-state index in [9.17, 15) is 4.79 Å². The Bertz CT molecular complexity index is 598. The molecule has 1 aliphatic heterocycles. The number of anilines is 2. The van der Waals surface area contributed by atoms with Crippen molar-refractivity contribution in [3.63, 3.8) is 0 Å². The number of carbonyl (C=O) groups is 1. The van der Waals surface area contributed by atoms with Crippen LogP contribution in [0.15, 0.2) is 31.0 Å². The summed E-state index contributed by atoms with van der Waals surface area (Å²) in [5, 5.41) is 2.68. The van der Waals surface area contributed by atoms with Gasteiger partial charge in [0.2, 0.25) is 5.95 Å². The van der Waals surface area contributed by atoms with E-state index >= 15 is 0 Å². The molecule has 0 spiro atoms. The van der Waals surface area contributed by atoms with E-state index in [1.807, 2.05) is 4.90 Å². The molecule has 108 valence electrons. The number of hydrogen-bond donors (Lipinski definition) is 1. The van der Waals surface area contributed by atoms with Crippen LogP contribution in [0.4, 0.5) is 11.6 Å². The molecular weight excluding hydrogens is 272 g/mol. The Morgan fingerprint density at radius 3 is 2.52 bits per heavy atom. The Balaban J connectivity index is 1.65. The quantitative estimate of drug-likeness (QED) is 0.870. The fraction of sp³-hybridized carbons (Fsp3) is 0.308. The van der Waals surface area contributed by atoms with Gasteiger partial charge in [-0.15, -0.1) is 0 Å². The van der Waals surface area contributed by atoms with Crippen molar-refractivity contribution in [1.29, 1.82) is 0 Å². The van der Waals surface area contributed by atoms with Crippen molar-refractivity contribution >= 4 is 17.5 Å². The lowest BCUT2D eigenvalue weighted by Crippen LogP contribution is -2.37. The van der Waals surface area contributed by atoms with E-state index in [0.717, 1.165) is 13.1 Å². The summed E-state index contributed by atoms with van der Waals surface area (Å²) in [5.74, 6) is 0.293. The lowest BCUT2D eigenvalue weighted by molar-refractivity contribution is 0.102. The number of nitrogens with zero attached hydrogens (tertiary/aromatic N) is 5. The van der Waals surface area contributed by atoms with Crippen LogP contribution in [-0.2, 0) is 4.74 Å². The Morgan fingerprint density at radius 1 is 1.10 bits per heavy atom. The molecule has 0 radical (unpaired) electrons. The van der Waals surface area contributed by atoms with Crippen LogP contribution in [-0.4, -0.2) is 52.1 Å². The number of aromatic nitrogens is 4. The standard InChI is InChI=1S/C13H14N6O2/c20-12(11-9-14-1-2-15-11)18-10-7-16-13(17-8-10)19-3-5-21-6-4-19/h1-2,7-9H,3-6H2,(H,18,20). The second-order valence-corrected chi connectivity index (χ2v) is 4.42. The zero-order valence-corrected chi connectivity index (χ0v) is 11.3. The maximum atomic E-state index is 11.9. The van der Waals surface area contributed by atoms with E-state index in [4.69, 9.17) is 4.74 Å². The average Bonchev–Trinajstić information content (AvgIpc) is 2.57. The molecule has 0 aromatic carbocycles. The first-order valence-electron chi connectivity index (χ1n) is 6.55. The third-order valence-electron chi connectivity index (χ3n) is 2.99. The molecule has 0 atom stereocenters. The van der Waals surface area contributed by atoms with E-state index in [0.29, 0.717) is 24.8 Å². The topological polar surface area (TPSA) is 93.1 Å². The Morgan fingerprint density at radius 2 is 1.86 bits per heavy atom. The van der Waals surface area contributed by atoms with Gasteiger partial charge in [0.15, 0.2) is 0 Å². The van der Waals surface area contributed by atoms with Crippen LogP contribution < -0.4 is 10.2 Å². The molecule has 1 fully saturated rings. The first-order valence-corrected chi connectivity index (χ1v) is 6.55. The van der Waals surface area contributed by atoms with Crippen LogP contribution in [0.25, 0.3) is 0 Å². The third-order valence-corrected chi connectivity index (χ3v) is 2.99. The summed E-state index contributed by atoms with van der Waals surface area (Å²) in [6.07, 6.45) is 7.53. The minimum atomic E-state index is -0.342. The van der Waals surface area contributed by atoms with Gasteiger partial charge in [0.1, 0.15) is 5.69 Å². The number of rotatable bonds is 3. The van der Waals surface area contributed by atoms with E-state index in [2.05, 4.69) is 25.3 Å². The zero-order chi connectivity index (χ0) is 14.5. The smallest absolute Gasteiger partial charge is 0.275 e. The number of nitrogens with one attached hydrogen (secondary N) is 1. The van der Waals surface area contributed by atoms with E-state index in [1.165, 1.54) is 18.6 Å². The Labute approximate surface area is 121 Å². The zero-order valence-electron chi connectivity index (χ0n) is 11.3. The Kier molecular flexibility index (Phi) is 3.97. The molecule has 2 aromatic heterocycles. The molecule has 0 bridgehead atoms. The van der Waals surface area contributed by atoms with Crippen molar-refractivity contribution in [2.45, 2.75) is 0 Å². The fourth-order valence-corrected chi connectivity index (χ4v) is 1.92. The van der Waals surface area contributed by atoms with E-state index in [-0.39, 0.29) is 11.6 Å². The molecule has 3 heterocycles. The number of hydrogen-bond acceptors (Lipinski definition) is 7. The summed E-state index contributed by atoms with van der Waals surface area (Å²) in [6, 6.07) is 0. The van der Waals surface area contributed by atoms with Crippen molar-refractivity contribution in [1.82, 2.24) is 19.9 Å². The highest BCUT2D eigenvalue weighted by atomic mass is 16.5. The van der Waals surface area contributed by atoms with Crippen LogP contribution in [0.2, 0.25) is 0 Å². The predicted molar refractivity (Wildman–Crippen MR) is 75.0 cm³/mol. The van der Waals surface area contributed by atoms with Crippen LogP contribution in [0, 0.1) is 0 Å². The average molecular weight is 286 g/mol. The maximum Gasteiger partial charge on any atom is 0.275 e. The van der Waals surface area contributed by atoms with Gasteiger partial charge in [-0.3, -0.25) is 9.78 Å². The number of amides is 1. The fourth-order valence-electron chi connectivity index (χ4n) is 1.92.